The topological polar surface area (TPSA) is 56.5 Å². The molecule has 1 N–H and O–H groups in total. The van der Waals surface area contributed by atoms with Crippen LogP contribution in [0.2, 0.25) is 0 Å². The van der Waals surface area contributed by atoms with E-state index in [0.29, 0.717) is 20.5 Å². The van der Waals surface area contributed by atoms with Crippen molar-refractivity contribution in [2.24, 2.45) is 0 Å². The zero-order chi connectivity index (χ0) is 11.6. The van der Waals surface area contributed by atoms with Gasteiger partial charge in [-0.2, -0.15) is 5.10 Å². The molecule has 6 heteroatoms. The number of aryl methyl sites for hydroxylation is 1. The third-order valence-corrected chi connectivity index (χ3v) is 2.70. The highest BCUT2D eigenvalue weighted by Gasteiger charge is 2.23. The Kier molecular flexibility index (Phi) is 3.32. The lowest BCUT2D eigenvalue weighted by Gasteiger charge is -2.16. The first kappa shape index (κ1) is 11.6. The Morgan fingerprint density at radius 1 is 1.69 bits per heavy atom. The number of aliphatic hydroxyl groups is 1. The van der Waals surface area contributed by atoms with Crippen LogP contribution in [0.4, 0.5) is 0 Å². The molecule has 1 fully saturated rings. The van der Waals surface area contributed by atoms with E-state index in [2.05, 4.69) is 5.10 Å². The molecular formula is C10H17BN2O3. The van der Waals surface area contributed by atoms with Crippen LogP contribution in [0.5, 0.6) is 0 Å². The molecule has 0 spiro atoms. The van der Waals surface area contributed by atoms with Crippen LogP contribution in [-0.4, -0.2) is 34.6 Å². The first-order valence-electron chi connectivity index (χ1n) is 5.54. The summed E-state index contributed by atoms with van der Waals surface area (Å²) >= 11 is 0. The Hall–Kier alpha value is -0.845. The van der Waals surface area contributed by atoms with Gasteiger partial charge in [0.2, 0.25) is 0 Å². The average Bonchev–Trinajstić information content (AvgIpc) is 2.84. The van der Waals surface area contributed by atoms with E-state index in [1.54, 1.807) is 13.8 Å². The maximum absolute atomic E-state index is 9.62. The lowest BCUT2D eigenvalue weighted by Crippen LogP contribution is -2.21. The number of hydrogen-bond acceptors (Lipinski definition) is 4. The molecule has 1 aliphatic heterocycles. The Morgan fingerprint density at radius 2 is 2.50 bits per heavy atom. The summed E-state index contributed by atoms with van der Waals surface area (Å²) in [7, 11) is 0.594. The van der Waals surface area contributed by atoms with Crippen LogP contribution in [0.25, 0.3) is 0 Å². The van der Waals surface area contributed by atoms with Gasteiger partial charge in [-0.25, -0.2) is 0 Å². The second-order valence-electron chi connectivity index (χ2n) is 4.87. The SMILES string of the molecule is CC(C)(O)CCn1cc(C2BOOC2)cn1. The Bertz CT molecular complexity index is 342. The summed E-state index contributed by atoms with van der Waals surface area (Å²) < 4.78 is 1.85. The van der Waals surface area contributed by atoms with Gasteiger partial charge in [-0.1, -0.05) is 0 Å². The second kappa shape index (κ2) is 4.57. The standard InChI is InChI=1S/C10H17BN2O3/c1-10(2,14)3-4-13-6-8(5-12-13)9-7-15-16-11-9/h5-6,9,11,14H,3-4,7H2,1-2H3. The van der Waals surface area contributed by atoms with Crippen LogP contribution < -0.4 is 0 Å². The Balaban J connectivity index is 1.91. The summed E-state index contributed by atoms with van der Waals surface area (Å²) in [5.41, 5.74) is 0.486. The fourth-order valence-electron chi connectivity index (χ4n) is 1.60. The van der Waals surface area contributed by atoms with Crippen molar-refractivity contribution in [1.29, 1.82) is 0 Å². The summed E-state index contributed by atoms with van der Waals surface area (Å²) in [5, 5.41) is 13.9. The van der Waals surface area contributed by atoms with Crippen molar-refractivity contribution in [3.8, 4) is 0 Å². The molecule has 0 aliphatic carbocycles. The molecule has 2 rings (SSSR count). The Morgan fingerprint density at radius 3 is 3.12 bits per heavy atom. The zero-order valence-corrected chi connectivity index (χ0v) is 9.72. The summed E-state index contributed by atoms with van der Waals surface area (Å²) in [6.45, 7) is 4.92. The molecular weight excluding hydrogens is 207 g/mol. The minimum Gasteiger partial charge on any atom is -0.390 e. The summed E-state index contributed by atoms with van der Waals surface area (Å²) in [4.78, 5) is 9.72. The molecule has 1 saturated heterocycles. The zero-order valence-electron chi connectivity index (χ0n) is 9.72. The van der Waals surface area contributed by atoms with Crippen LogP contribution in [0, 0.1) is 0 Å². The van der Waals surface area contributed by atoms with Crippen molar-refractivity contribution >= 4 is 7.48 Å². The van der Waals surface area contributed by atoms with Crippen LogP contribution in [0.15, 0.2) is 12.4 Å². The number of rotatable bonds is 4. The van der Waals surface area contributed by atoms with Gasteiger partial charge in [0.05, 0.1) is 18.4 Å². The van der Waals surface area contributed by atoms with Crippen molar-refractivity contribution in [3.05, 3.63) is 18.0 Å². The van der Waals surface area contributed by atoms with Gasteiger partial charge in [0.25, 0.3) is 0 Å². The van der Waals surface area contributed by atoms with E-state index in [1.165, 1.54) is 0 Å². The fourth-order valence-corrected chi connectivity index (χ4v) is 1.60. The summed E-state index contributed by atoms with van der Waals surface area (Å²) in [5.74, 6) is 0.288. The van der Waals surface area contributed by atoms with Crippen molar-refractivity contribution in [2.75, 3.05) is 6.61 Å². The van der Waals surface area contributed by atoms with Gasteiger partial charge in [0.1, 0.15) is 0 Å². The van der Waals surface area contributed by atoms with E-state index in [4.69, 9.17) is 9.69 Å². The van der Waals surface area contributed by atoms with E-state index in [0.717, 1.165) is 12.1 Å². The van der Waals surface area contributed by atoms with E-state index < -0.39 is 5.60 Å². The minimum atomic E-state index is -0.647. The molecule has 88 valence electrons. The first-order valence-corrected chi connectivity index (χ1v) is 5.54. The molecule has 1 aromatic heterocycles. The van der Waals surface area contributed by atoms with Gasteiger partial charge < -0.3 is 9.91 Å². The number of nitrogens with zero attached hydrogens (tertiary/aromatic N) is 2. The smallest absolute Gasteiger partial charge is 0.333 e. The van der Waals surface area contributed by atoms with E-state index in [1.807, 2.05) is 17.1 Å². The van der Waals surface area contributed by atoms with Gasteiger partial charge in [-0.05, 0) is 25.8 Å². The third-order valence-electron chi connectivity index (χ3n) is 2.70. The van der Waals surface area contributed by atoms with Crippen molar-refractivity contribution in [1.82, 2.24) is 9.78 Å². The number of hydrogen-bond donors (Lipinski definition) is 1. The molecule has 16 heavy (non-hydrogen) atoms. The van der Waals surface area contributed by atoms with Crippen LogP contribution in [0.1, 0.15) is 31.6 Å². The summed E-state index contributed by atoms with van der Waals surface area (Å²) in [6.07, 6.45) is 4.52. The van der Waals surface area contributed by atoms with Gasteiger partial charge in [0, 0.05) is 18.6 Å². The molecule has 2 heterocycles. The van der Waals surface area contributed by atoms with E-state index in [-0.39, 0.29) is 5.82 Å². The lowest BCUT2D eigenvalue weighted by molar-refractivity contribution is -0.183. The maximum Gasteiger partial charge on any atom is 0.333 e. The summed E-state index contributed by atoms with van der Waals surface area (Å²) in [6, 6.07) is 0. The maximum atomic E-state index is 9.62. The second-order valence-corrected chi connectivity index (χ2v) is 4.87. The fraction of sp³-hybridized carbons (Fsp3) is 0.700. The predicted octanol–water partition coefficient (Wildman–Crippen LogP) is 0.398. The highest BCUT2D eigenvalue weighted by molar-refractivity contribution is 6.30. The molecule has 5 nitrogen and oxygen atoms in total. The van der Waals surface area contributed by atoms with Crippen molar-refractivity contribution < 1.29 is 14.8 Å². The number of aromatic nitrogens is 2. The molecule has 1 aliphatic rings. The highest BCUT2D eigenvalue weighted by Crippen LogP contribution is 2.19. The van der Waals surface area contributed by atoms with Crippen LogP contribution in [-0.2, 0) is 16.2 Å². The van der Waals surface area contributed by atoms with E-state index >= 15 is 0 Å². The van der Waals surface area contributed by atoms with Crippen LogP contribution >= 0.6 is 0 Å². The molecule has 0 aromatic carbocycles. The normalized spacial score (nSPS) is 21.1. The molecule has 1 unspecified atom stereocenters. The van der Waals surface area contributed by atoms with Crippen LogP contribution in [0.3, 0.4) is 0 Å². The van der Waals surface area contributed by atoms with Gasteiger partial charge in [-0.15, -0.1) is 0 Å². The van der Waals surface area contributed by atoms with Gasteiger partial charge in [-0.3, -0.25) is 9.57 Å². The third kappa shape index (κ3) is 3.07. The Labute approximate surface area is 95.6 Å². The predicted molar refractivity (Wildman–Crippen MR) is 60.1 cm³/mol. The molecule has 1 aromatic rings. The van der Waals surface area contributed by atoms with Crippen molar-refractivity contribution in [3.63, 3.8) is 0 Å². The molecule has 0 saturated carbocycles. The monoisotopic (exact) mass is 224 g/mol. The van der Waals surface area contributed by atoms with Gasteiger partial charge >= 0.3 is 7.48 Å². The van der Waals surface area contributed by atoms with Crippen molar-refractivity contribution in [2.45, 2.75) is 38.2 Å². The first-order chi connectivity index (χ1) is 7.54. The average molecular weight is 224 g/mol. The van der Waals surface area contributed by atoms with Gasteiger partial charge in [0.15, 0.2) is 0 Å². The quantitative estimate of drug-likeness (QED) is 0.594. The highest BCUT2D eigenvalue weighted by atomic mass is 17.2. The lowest BCUT2D eigenvalue weighted by atomic mass is 9.78. The molecule has 0 amide bonds. The largest absolute Gasteiger partial charge is 0.390 e. The molecule has 0 radical (unpaired) electrons. The molecule has 0 bridgehead atoms. The molecule has 1 atom stereocenters. The minimum absolute atomic E-state index is 0.288. The van der Waals surface area contributed by atoms with E-state index in [9.17, 15) is 5.11 Å².